The molecule has 0 saturated carbocycles. The number of benzene rings is 2. The first-order valence-electron chi connectivity index (χ1n) is 10.8. The summed E-state index contributed by atoms with van der Waals surface area (Å²) in [6, 6.07) is 9.22. The molecule has 4 rings (SSSR count). The second-order valence-corrected chi connectivity index (χ2v) is 8.51. The lowest BCUT2D eigenvalue weighted by Gasteiger charge is -2.25. The zero-order valence-corrected chi connectivity index (χ0v) is 20.3. The summed E-state index contributed by atoms with van der Waals surface area (Å²) in [6.07, 6.45) is -1.70. The van der Waals surface area contributed by atoms with Crippen molar-refractivity contribution in [2.24, 2.45) is 0 Å². The van der Waals surface area contributed by atoms with Crippen LogP contribution in [0.4, 0.5) is 13.2 Å². The molecule has 3 aromatic rings. The van der Waals surface area contributed by atoms with Crippen LogP contribution in [0.1, 0.15) is 28.3 Å². The molecule has 0 aliphatic carbocycles. The molecule has 1 saturated heterocycles. The van der Waals surface area contributed by atoms with Crippen molar-refractivity contribution < 1.29 is 37.3 Å². The van der Waals surface area contributed by atoms with E-state index < -0.39 is 35.2 Å². The van der Waals surface area contributed by atoms with Gasteiger partial charge in [0.2, 0.25) is 0 Å². The molecule has 11 heteroatoms. The lowest BCUT2D eigenvalue weighted by Crippen LogP contribution is -2.29. The maximum atomic E-state index is 13.3. The van der Waals surface area contributed by atoms with Gasteiger partial charge in [-0.2, -0.15) is 13.2 Å². The summed E-state index contributed by atoms with van der Waals surface area (Å²) < 4.78 is 50.3. The van der Waals surface area contributed by atoms with E-state index in [0.717, 1.165) is 17.0 Å². The van der Waals surface area contributed by atoms with Crippen molar-refractivity contribution in [1.82, 2.24) is 9.88 Å². The van der Waals surface area contributed by atoms with Crippen molar-refractivity contribution in [3.05, 3.63) is 93.8 Å². The van der Waals surface area contributed by atoms with Gasteiger partial charge < -0.3 is 19.5 Å². The van der Waals surface area contributed by atoms with E-state index in [9.17, 15) is 27.9 Å². The van der Waals surface area contributed by atoms with Crippen LogP contribution in [-0.4, -0.2) is 40.9 Å². The number of hydrogen-bond acceptors (Lipinski definition) is 6. The Hall–Kier alpha value is -4.05. The molecule has 37 heavy (non-hydrogen) atoms. The van der Waals surface area contributed by atoms with Gasteiger partial charge in [0.25, 0.3) is 11.7 Å². The second-order valence-electron chi connectivity index (χ2n) is 8.10. The molecule has 192 valence electrons. The Morgan fingerprint density at radius 2 is 1.81 bits per heavy atom. The van der Waals surface area contributed by atoms with Gasteiger partial charge in [-0.05, 0) is 35.4 Å². The zero-order chi connectivity index (χ0) is 26.9. The van der Waals surface area contributed by atoms with E-state index in [1.54, 1.807) is 12.1 Å². The van der Waals surface area contributed by atoms with Crippen LogP contribution >= 0.6 is 11.6 Å². The molecule has 1 amide bonds. The van der Waals surface area contributed by atoms with Gasteiger partial charge in [0.15, 0.2) is 0 Å². The minimum absolute atomic E-state index is 0.0271. The Labute approximate surface area is 214 Å². The Bertz CT molecular complexity index is 1390. The van der Waals surface area contributed by atoms with Gasteiger partial charge in [0.05, 0.1) is 42.0 Å². The lowest BCUT2D eigenvalue weighted by molar-refractivity contribution is -0.140. The summed E-state index contributed by atoms with van der Waals surface area (Å²) in [4.78, 5) is 31.5. The van der Waals surface area contributed by atoms with Gasteiger partial charge in [-0.15, -0.1) is 0 Å². The summed E-state index contributed by atoms with van der Waals surface area (Å²) in [6.45, 7) is -0.328. The monoisotopic (exact) mass is 532 g/mol. The molecule has 2 aromatic carbocycles. The Balaban J connectivity index is 1.88. The third kappa shape index (κ3) is 4.97. The van der Waals surface area contributed by atoms with E-state index in [1.165, 1.54) is 50.9 Å². The van der Waals surface area contributed by atoms with Crippen LogP contribution in [0.5, 0.6) is 11.5 Å². The van der Waals surface area contributed by atoms with Gasteiger partial charge in [-0.3, -0.25) is 14.6 Å². The molecule has 1 unspecified atom stereocenters. The summed E-state index contributed by atoms with van der Waals surface area (Å²) in [5, 5.41) is 11.4. The third-order valence-electron chi connectivity index (χ3n) is 5.88. The van der Waals surface area contributed by atoms with Gasteiger partial charge in [0, 0.05) is 25.0 Å². The van der Waals surface area contributed by atoms with E-state index in [2.05, 4.69) is 4.98 Å². The Morgan fingerprint density at radius 3 is 2.43 bits per heavy atom. The molecule has 1 N–H and O–H groups in total. The molecule has 7 nitrogen and oxygen atoms in total. The van der Waals surface area contributed by atoms with Crippen LogP contribution in [0.2, 0.25) is 5.02 Å². The highest BCUT2D eigenvalue weighted by atomic mass is 35.5. The number of hydrogen-bond donors (Lipinski definition) is 1. The van der Waals surface area contributed by atoms with Crippen molar-refractivity contribution in [1.29, 1.82) is 0 Å². The normalized spacial score (nSPS) is 17.2. The van der Waals surface area contributed by atoms with E-state index in [4.69, 9.17) is 21.1 Å². The van der Waals surface area contributed by atoms with Crippen molar-refractivity contribution in [2.75, 3.05) is 14.2 Å². The number of aliphatic hydroxyl groups excluding tert-OH is 1. The average molecular weight is 533 g/mol. The standard InChI is InChI=1S/C26H20ClF3N2O5/c1-36-19-11-20(37-2)18(27)10-17(19)23(33)21-22(15-6-4-8-31-12-15)32(25(35)24(21)34)13-14-5-3-7-16(9-14)26(28,29)30/h3-12,22,33H,13H2,1-2H3/b23-21+. The highest BCUT2D eigenvalue weighted by Crippen LogP contribution is 2.43. The molecule has 0 radical (unpaired) electrons. The predicted molar refractivity (Wildman–Crippen MR) is 128 cm³/mol. The number of ether oxygens (including phenoxy) is 2. The van der Waals surface area contributed by atoms with E-state index in [0.29, 0.717) is 5.56 Å². The quantitative estimate of drug-likeness (QED) is 0.260. The van der Waals surface area contributed by atoms with Crippen LogP contribution in [0, 0.1) is 0 Å². The van der Waals surface area contributed by atoms with E-state index >= 15 is 0 Å². The number of methoxy groups -OCH3 is 2. The number of Topliss-reactive ketones (excluding diaryl/α,β-unsaturated/α-hetero) is 1. The van der Waals surface area contributed by atoms with E-state index in [-0.39, 0.29) is 39.8 Å². The first kappa shape index (κ1) is 26.0. The number of amides is 1. The topological polar surface area (TPSA) is 89.0 Å². The summed E-state index contributed by atoms with van der Waals surface area (Å²) in [7, 11) is 2.73. The molecular formula is C26H20ClF3N2O5. The Morgan fingerprint density at radius 1 is 1.08 bits per heavy atom. The number of halogens is 4. The van der Waals surface area contributed by atoms with E-state index in [1.807, 2.05) is 0 Å². The fourth-order valence-electron chi connectivity index (χ4n) is 4.16. The van der Waals surface area contributed by atoms with Crippen LogP contribution in [0.15, 0.2) is 66.5 Å². The van der Waals surface area contributed by atoms with Gasteiger partial charge in [-0.1, -0.05) is 29.8 Å². The fourth-order valence-corrected chi connectivity index (χ4v) is 4.40. The number of nitrogens with zero attached hydrogens (tertiary/aromatic N) is 2. The van der Waals surface area contributed by atoms with Crippen molar-refractivity contribution in [3.63, 3.8) is 0 Å². The van der Waals surface area contributed by atoms with Gasteiger partial charge in [0.1, 0.15) is 17.3 Å². The number of ketones is 1. The zero-order valence-electron chi connectivity index (χ0n) is 19.5. The molecule has 1 aromatic heterocycles. The number of rotatable bonds is 6. The molecule has 1 fully saturated rings. The van der Waals surface area contributed by atoms with Crippen LogP contribution in [0.25, 0.3) is 5.76 Å². The summed E-state index contributed by atoms with van der Waals surface area (Å²) in [5.74, 6) is -2.21. The maximum absolute atomic E-state index is 13.3. The second kappa shape index (κ2) is 10.1. The highest BCUT2D eigenvalue weighted by Gasteiger charge is 2.46. The fraction of sp³-hybridized carbons (Fsp3) is 0.192. The number of carbonyl (C=O) groups is 2. The molecule has 1 aliphatic rings. The van der Waals surface area contributed by atoms with Crippen molar-refractivity contribution >= 4 is 29.1 Å². The number of alkyl halides is 3. The number of aromatic nitrogens is 1. The molecule has 0 bridgehead atoms. The SMILES string of the molecule is COc1cc(OC)c(/C(O)=C2\C(=O)C(=O)N(Cc3cccc(C(F)(F)F)c3)C2c2cccnc2)cc1Cl. The van der Waals surface area contributed by atoms with Crippen LogP contribution in [0.3, 0.4) is 0 Å². The molecule has 1 atom stereocenters. The third-order valence-corrected chi connectivity index (χ3v) is 6.17. The number of pyridine rings is 1. The van der Waals surface area contributed by atoms with Crippen LogP contribution in [-0.2, 0) is 22.3 Å². The van der Waals surface area contributed by atoms with Crippen molar-refractivity contribution in [2.45, 2.75) is 18.8 Å². The summed E-state index contributed by atoms with van der Waals surface area (Å²) >= 11 is 6.24. The number of carbonyl (C=O) groups excluding carboxylic acids is 2. The predicted octanol–water partition coefficient (Wildman–Crippen LogP) is 5.39. The molecular weight excluding hydrogens is 513 g/mol. The Kier molecular flexibility index (Phi) is 7.13. The molecule has 0 spiro atoms. The summed E-state index contributed by atoms with van der Waals surface area (Å²) in [5.41, 5.74) is -0.634. The van der Waals surface area contributed by atoms with Gasteiger partial charge >= 0.3 is 6.18 Å². The number of likely N-dealkylation sites (tertiary alicyclic amines) is 1. The molecule has 2 heterocycles. The number of aliphatic hydroxyl groups is 1. The molecule has 1 aliphatic heterocycles. The van der Waals surface area contributed by atoms with Gasteiger partial charge in [-0.25, -0.2) is 0 Å². The average Bonchev–Trinajstić information content (AvgIpc) is 3.13. The van der Waals surface area contributed by atoms with Crippen LogP contribution < -0.4 is 9.47 Å². The minimum atomic E-state index is -4.59. The largest absolute Gasteiger partial charge is 0.507 e. The smallest absolute Gasteiger partial charge is 0.416 e. The highest BCUT2D eigenvalue weighted by molar-refractivity contribution is 6.46. The lowest BCUT2D eigenvalue weighted by atomic mass is 9.95. The first-order valence-corrected chi connectivity index (χ1v) is 11.2. The first-order chi connectivity index (χ1) is 17.6. The minimum Gasteiger partial charge on any atom is -0.507 e. The maximum Gasteiger partial charge on any atom is 0.416 e. The van der Waals surface area contributed by atoms with Crippen molar-refractivity contribution in [3.8, 4) is 11.5 Å².